The fourth-order valence-corrected chi connectivity index (χ4v) is 4.02. The largest absolute Gasteiger partial charge is 0.468 e. The van der Waals surface area contributed by atoms with Crippen molar-refractivity contribution >= 4 is 5.97 Å². The predicted molar refractivity (Wildman–Crippen MR) is 80.1 cm³/mol. The Hall–Kier alpha value is -0.650. The molecule has 0 aromatic carbocycles. The third-order valence-electron chi connectivity index (χ3n) is 5.27. The molecule has 3 rings (SSSR count). The molecule has 1 saturated heterocycles. The van der Waals surface area contributed by atoms with E-state index in [9.17, 15) is 4.79 Å². The van der Waals surface area contributed by atoms with Gasteiger partial charge in [0.1, 0.15) is 5.54 Å². The number of esters is 1. The van der Waals surface area contributed by atoms with E-state index < -0.39 is 5.54 Å². The molecule has 1 aliphatic heterocycles. The zero-order valence-corrected chi connectivity index (χ0v) is 13.5. The Morgan fingerprint density at radius 3 is 2.71 bits per heavy atom. The molecule has 5 nitrogen and oxygen atoms in total. The van der Waals surface area contributed by atoms with Crippen LogP contribution in [0.1, 0.15) is 46.0 Å². The Balaban J connectivity index is 1.73. The first kappa shape index (κ1) is 15.3. The van der Waals surface area contributed by atoms with E-state index in [2.05, 4.69) is 24.1 Å². The van der Waals surface area contributed by atoms with Crippen LogP contribution in [0.4, 0.5) is 0 Å². The van der Waals surface area contributed by atoms with Crippen molar-refractivity contribution in [2.75, 3.05) is 26.9 Å². The summed E-state index contributed by atoms with van der Waals surface area (Å²) in [4.78, 5) is 14.9. The van der Waals surface area contributed by atoms with Crippen LogP contribution in [-0.2, 0) is 14.3 Å². The van der Waals surface area contributed by atoms with E-state index >= 15 is 0 Å². The minimum atomic E-state index is -0.463. The minimum absolute atomic E-state index is 0.0503. The fraction of sp³-hybridized carbons (Fsp3) is 0.938. The van der Waals surface area contributed by atoms with E-state index in [0.29, 0.717) is 12.1 Å². The lowest BCUT2D eigenvalue weighted by Crippen LogP contribution is -2.58. The van der Waals surface area contributed by atoms with Crippen LogP contribution in [0, 0.1) is 0 Å². The van der Waals surface area contributed by atoms with Gasteiger partial charge in [0.05, 0.1) is 20.3 Å². The zero-order chi connectivity index (χ0) is 15.1. The van der Waals surface area contributed by atoms with Crippen LogP contribution in [0.25, 0.3) is 0 Å². The topological polar surface area (TPSA) is 50.8 Å². The molecule has 1 heterocycles. The summed E-state index contributed by atoms with van der Waals surface area (Å²) in [6, 6.07) is 0.954. The van der Waals surface area contributed by atoms with Crippen molar-refractivity contribution < 1.29 is 14.3 Å². The lowest BCUT2D eigenvalue weighted by molar-refractivity contribution is -0.149. The highest BCUT2D eigenvalue weighted by atomic mass is 16.5. The Morgan fingerprint density at radius 2 is 2.10 bits per heavy atom. The summed E-state index contributed by atoms with van der Waals surface area (Å²) in [5.41, 5.74) is -0.413. The number of nitrogens with zero attached hydrogens (tertiary/aromatic N) is 1. The normalized spacial score (nSPS) is 36.6. The lowest BCUT2D eigenvalue weighted by atomic mass is 9.94. The maximum Gasteiger partial charge on any atom is 0.326 e. The number of nitrogens with one attached hydrogen (secondary N) is 1. The van der Waals surface area contributed by atoms with Crippen LogP contribution < -0.4 is 5.32 Å². The van der Waals surface area contributed by atoms with Crippen molar-refractivity contribution in [3.63, 3.8) is 0 Å². The first-order chi connectivity index (χ1) is 9.97. The molecule has 0 aromatic rings. The predicted octanol–water partition coefficient (Wildman–Crippen LogP) is 1.31. The highest BCUT2D eigenvalue weighted by molar-refractivity contribution is 5.81. The molecule has 2 atom stereocenters. The van der Waals surface area contributed by atoms with Crippen LogP contribution in [0.15, 0.2) is 0 Å². The number of carbonyl (C=O) groups excluding carboxylic acids is 1. The average Bonchev–Trinajstić information content (AvgIpc) is 3.15. The number of morpholine rings is 1. The zero-order valence-electron chi connectivity index (χ0n) is 13.5. The van der Waals surface area contributed by atoms with Gasteiger partial charge in [-0.3, -0.25) is 15.0 Å². The maximum absolute atomic E-state index is 12.4. The Morgan fingerprint density at radius 1 is 1.33 bits per heavy atom. The van der Waals surface area contributed by atoms with E-state index in [1.165, 1.54) is 20.0 Å². The summed E-state index contributed by atoms with van der Waals surface area (Å²) >= 11 is 0. The fourth-order valence-electron chi connectivity index (χ4n) is 4.02. The van der Waals surface area contributed by atoms with Crippen LogP contribution in [0.3, 0.4) is 0 Å². The Kier molecular flexibility index (Phi) is 4.01. The number of hydrogen-bond acceptors (Lipinski definition) is 5. The standard InChI is InChI=1S/C16H28N2O3/c1-15(2)11-21-9-8-18(15)13-6-7-16(10-13,14(19)20-3)17-12-4-5-12/h12-13,17H,4-11H2,1-3H3. The molecule has 21 heavy (non-hydrogen) atoms. The molecular formula is C16H28N2O3. The highest BCUT2D eigenvalue weighted by Gasteiger charge is 2.51. The molecular weight excluding hydrogens is 268 g/mol. The van der Waals surface area contributed by atoms with E-state index in [1.54, 1.807) is 0 Å². The van der Waals surface area contributed by atoms with E-state index in [-0.39, 0.29) is 11.5 Å². The molecule has 0 aromatic heterocycles. The molecule has 0 radical (unpaired) electrons. The molecule has 5 heteroatoms. The molecule has 0 bridgehead atoms. The van der Waals surface area contributed by atoms with Gasteiger partial charge in [-0.05, 0) is 46.0 Å². The van der Waals surface area contributed by atoms with Gasteiger partial charge in [0, 0.05) is 24.2 Å². The molecule has 2 unspecified atom stereocenters. The quantitative estimate of drug-likeness (QED) is 0.793. The Bertz CT molecular complexity index is 408. The van der Waals surface area contributed by atoms with Crippen LogP contribution in [-0.4, -0.2) is 60.9 Å². The first-order valence-corrected chi connectivity index (χ1v) is 8.17. The van der Waals surface area contributed by atoms with Crippen molar-refractivity contribution in [1.29, 1.82) is 0 Å². The minimum Gasteiger partial charge on any atom is -0.468 e. The van der Waals surface area contributed by atoms with Gasteiger partial charge in [-0.25, -0.2) is 0 Å². The third-order valence-corrected chi connectivity index (χ3v) is 5.27. The maximum atomic E-state index is 12.4. The van der Waals surface area contributed by atoms with E-state index in [4.69, 9.17) is 9.47 Å². The molecule has 1 N–H and O–H groups in total. The van der Waals surface area contributed by atoms with Gasteiger partial charge < -0.3 is 9.47 Å². The van der Waals surface area contributed by atoms with Crippen LogP contribution in [0.5, 0.6) is 0 Å². The van der Waals surface area contributed by atoms with Gasteiger partial charge >= 0.3 is 5.97 Å². The van der Waals surface area contributed by atoms with Gasteiger partial charge in [0.15, 0.2) is 0 Å². The number of hydrogen-bond donors (Lipinski definition) is 1. The van der Waals surface area contributed by atoms with Gasteiger partial charge in [-0.2, -0.15) is 0 Å². The average molecular weight is 296 g/mol. The number of carbonyl (C=O) groups is 1. The van der Waals surface area contributed by atoms with Gasteiger partial charge in [-0.15, -0.1) is 0 Å². The molecule has 0 amide bonds. The van der Waals surface area contributed by atoms with Crippen LogP contribution in [0.2, 0.25) is 0 Å². The van der Waals surface area contributed by atoms with E-state index in [1.807, 2.05) is 0 Å². The second kappa shape index (κ2) is 5.52. The summed E-state index contributed by atoms with van der Waals surface area (Å²) in [6.45, 7) is 6.99. The van der Waals surface area contributed by atoms with Crippen LogP contribution >= 0.6 is 0 Å². The van der Waals surface area contributed by atoms with Gasteiger partial charge in [0.2, 0.25) is 0 Å². The summed E-state index contributed by atoms with van der Waals surface area (Å²) < 4.78 is 10.7. The molecule has 3 aliphatic rings. The van der Waals surface area contributed by atoms with E-state index in [0.717, 1.165) is 39.0 Å². The van der Waals surface area contributed by atoms with Gasteiger partial charge in [0.25, 0.3) is 0 Å². The summed E-state index contributed by atoms with van der Waals surface area (Å²) in [5, 5.41) is 3.58. The van der Waals surface area contributed by atoms with Gasteiger partial charge in [-0.1, -0.05) is 0 Å². The summed E-state index contributed by atoms with van der Waals surface area (Å²) in [6.07, 6.45) is 5.17. The van der Waals surface area contributed by atoms with Crippen molar-refractivity contribution in [3.8, 4) is 0 Å². The summed E-state index contributed by atoms with van der Waals surface area (Å²) in [7, 11) is 1.50. The summed E-state index contributed by atoms with van der Waals surface area (Å²) in [5.74, 6) is -0.0806. The molecule has 0 spiro atoms. The van der Waals surface area contributed by atoms with Crippen molar-refractivity contribution in [1.82, 2.24) is 10.2 Å². The lowest BCUT2D eigenvalue weighted by Gasteiger charge is -2.46. The third kappa shape index (κ3) is 2.96. The highest BCUT2D eigenvalue weighted by Crippen LogP contribution is 2.39. The van der Waals surface area contributed by atoms with Crippen molar-refractivity contribution in [3.05, 3.63) is 0 Å². The smallest absolute Gasteiger partial charge is 0.326 e. The first-order valence-electron chi connectivity index (χ1n) is 8.17. The molecule has 3 fully saturated rings. The molecule has 2 saturated carbocycles. The number of rotatable bonds is 4. The van der Waals surface area contributed by atoms with Crippen molar-refractivity contribution in [2.24, 2.45) is 0 Å². The number of methoxy groups -OCH3 is 1. The Labute approximate surface area is 127 Å². The molecule has 120 valence electrons. The monoisotopic (exact) mass is 296 g/mol. The van der Waals surface area contributed by atoms with Crippen molar-refractivity contribution in [2.45, 2.75) is 69.1 Å². The second-order valence-electron chi connectivity index (χ2n) is 7.45. The second-order valence-corrected chi connectivity index (χ2v) is 7.45. The molecule has 2 aliphatic carbocycles. The number of ether oxygens (including phenoxy) is 2. The SMILES string of the molecule is COC(=O)C1(NC2CC2)CCC(N2CCOCC2(C)C)C1.